The fourth-order valence-corrected chi connectivity index (χ4v) is 2.38. The van der Waals surface area contributed by atoms with E-state index in [9.17, 15) is 15.0 Å². The highest BCUT2D eigenvalue weighted by Gasteiger charge is 2.33. The molecule has 0 bridgehead atoms. The first-order valence-corrected chi connectivity index (χ1v) is 6.95. The molecule has 1 heterocycles. The number of aromatic hydroxyl groups is 1. The van der Waals surface area contributed by atoms with E-state index in [1.54, 1.807) is 25.3 Å². The quantitative estimate of drug-likeness (QED) is 0.561. The molecule has 0 spiro atoms. The van der Waals surface area contributed by atoms with Gasteiger partial charge < -0.3 is 15.5 Å². The van der Waals surface area contributed by atoms with Crippen molar-refractivity contribution in [3.05, 3.63) is 36.0 Å². The molecule has 5 nitrogen and oxygen atoms in total. The molecule has 5 heteroatoms. The van der Waals surface area contributed by atoms with E-state index in [4.69, 9.17) is 6.42 Å². The minimum absolute atomic E-state index is 0.0802. The van der Waals surface area contributed by atoms with Crippen LogP contribution in [0.3, 0.4) is 0 Å². The third-order valence-electron chi connectivity index (χ3n) is 3.64. The third kappa shape index (κ3) is 3.18. The Labute approximate surface area is 129 Å². The molecular formula is C17H18N2O3. The van der Waals surface area contributed by atoms with Crippen LogP contribution in [0.1, 0.15) is 18.9 Å². The molecular weight excluding hydrogens is 280 g/mol. The molecule has 1 unspecified atom stereocenters. The van der Waals surface area contributed by atoms with Crippen LogP contribution < -0.4 is 5.32 Å². The van der Waals surface area contributed by atoms with E-state index in [1.165, 1.54) is 6.07 Å². The molecule has 0 aliphatic heterocycles. The number of carbonyl (C=O) groups is 1. The van der Waals surface area contributed by atoms with Crippen molar-refractivity contribution in [3.8, 4) is 18.1 Å². The number of phenolic OH excluding ortho intramolecular Hbond substituents is 1. The molecule has 2 rings (SSSR count). The number of carboxylic acids is 1. The summed E-state index contributed by atoms with van der Waals surface area (Å²) in [7, 11) is 0. The van der Waals surface area contributed by atoms with Gasteiger partial charge in [0.05, 0.1) is 0 Å². The van der Waals surface area contributed by atoms with Crippen LogP contribution >= 0.6 is 0 Å². The molecule has 0 saturated carbocycles. The number of carboxylic acid groups (broad SMARTS) is 1. The third-order valence-corrected chi connectivity index (χ3v) is 3.64. The number of terminal acetylenes is 1. The van der Waals surface area contributed by atoms with Gasteiger partial charge in [0.2, 0.25) is 0 Å². The van der Waals surface area contributed by atoms with Crippen LogP contribution in [0.4, 0.5) is 0 Å². The van der Waals surface area contributed by atoms with Gasteiger partial charge in [-0.15, -0.1) is 12.3 Å². The molecule has 22 heavy (non-hydrogen) atoms. The number of aromatic nitrogens is 1. The maximum Gasteiger partial charge on any atom is 0.323 e. The highest BCUT2D eigenvalue weighted by atomic mass is 16.4. The van der Waals surface area contributed by atoms with E-state index in [-0.39, 0.29) is 12.2 Å². The first-order valence-electron chi connectivity index (χ1n) is 6.95. The van der Waals surface area contributed by atoms with E-state index >= 15 is 0 Å². The Morgan fingerprint density at radius 3 is 2.91 bits per heavy atom. The van der Waals surface area contributed by atoms with Gasteiger partial charge in [0.25, 0.3) is 0 Å². The second-order valence-electron chi connectivity index (χ2n) is 5.34. The van der Waals surface area contributed by atoms with Crippen LogP contribution in [0.2, 0.25) is 0 Å². The zero-order chi connectivity index (χ0) is 16.2. The summed E-state index contributed by atoms with van der Waals surface area (Å²) in [6.07, 6.45) is 7.51. The van der Waals surface area contributed by atoms with Crippen molar-refractivity contribution in [2.45, 2.75) is 25.3 Å². The average molecular weight is 298 g/mol. The monoisotopic (exact) mass is 298 g/mol. The first kappa shape index (κ1) is 15.8. The largest absolute Gasteiger partial charge is 0.506 e. The Bertz CT molecular complexity index is 736. The minimum atomic E-state index is -1.14. The number of phenols is 1. The number of rotatable bonds is 6. The zero-order valence-electron chi connectivity index (χ0n) is 12.3. The molecule has 1 atom stereocenters. The normalized spacial score (nSPS) is 13.5. The molecule has 0 aliphatic carbocycles. The first-order chi connectivity index (χ1) is 10.5. The van der Waals surface area contributed by atoms with Gasteiger partial charge in [-0.2, -0.15) is 0 Å². The minimum Gasteiger partial charge on any atom is -0.506 e. The Morgan fingerprint density at radius 2 is 2.23 bits per heavy atom. The fourth-order valence-electron chi connectivity index (χ4n) is 2.38. The molecule has 0 radical (unpaired) electrons. The summed E-state index contributed by atoms with van der Waals surface area (Å²) in [6.45, 7) is 2.05. The molecule has 114 valence electrons. The smallest absolute Gasteiger partial charge is 0.323 e. The van der Waals surface area contributed by atoms with Crippen LogP contribution in [-0.2, 0) is 11.2 Å². The van der Waals surface area contributed by atoms with E-state index in [0.29, 0.717) is 18.5 Å². The van der Waals surface area contributed by atoms with Crippen molar-refractivity contribution in [1.82, 2.24) is 10.3 Å². The van der Waals surface area contributed by atoms with Crippen molar-refractivity contribution < 1.29 is 15.0 Å². The molecule has 0 amide bonds. The van der Waals surface area contributed by atoms with Gasteiger partial charge in [-0.1, -0.05) is 12.1 Å². The molecule has 0 saturated heterocycles. The highest BCUT2D eigenvalue weighted by Crippen LogP contribution is 2.28. The predicted octanol–water partition coefficient (Wildman–Crippen LogP) is 1.94. The molecule has 1 aromatic carbocycles. The summed E-state index contributed by atoms with van der Waals surface area (Å²) >= 11 is 0. The van der Waals surface area contributed by atoms with Gasteiger partial charge >= 0.3 is 5.97 Å². The van der Waals surface area contributed by atoms with Crippen molar-refractivity contribution in [3.63, 3.8) is 0 Å². The van der Waals surface area contributed by atoms with E-state index in [2.05, 4.69) is 16.2 Å². The van der Waals surface area contributed by atoms with Gasteiger partial charge in [0, 0.05) is 31.0 Å². The van der Waals surface area contributed by atoms with Gasteiger partial charge in [-0.25, -0.2) is 0 Å². The molecule has 3 N–H and O–H groups in total. The second-order valence-corrected chi connectivity index (χ2v) is 5.34. The highest BCUT2D eigenvalue weighted by molar-refractivity contribution is 5.88. The number of pyridine rings is 1. The van der Waals surface area contributed by atoms with Crippen LogP contribution in [0.15, 0.2) is 30.5 Å². The van der Waals surface area contributed by atoms with Crippen LogP contribution in [-0.4, -0.2) is 33.3 Å². The van der Waals surface area contributed by atoms with Crippen LogP contribution in [0, 0.1) is 12.3 Å². The van der Waals surface area contributed by atoms with Crippen molar-refractivity contribution in [2.24, 2.45) is 0 Å². The van der Waals surface area contributed by atoms with Crippen LogP contribution in [0.5, 0.6) is 5.75 Å². The number of nitrogens with zero attached hydrogens (tertiary/aromatic N) is 1. The lowest BCUT2D eigenvalue weighted by Crippen LogP contribution is -2.51. The van der Waals surface area contributed by atoms with E-state index < -0.39 is 11.5 Å². The molecule has 2 aromatic rings. The van der Waals surface area contributed by atoms with Gasteiger partial charge in [0.15, 0.2) is 0 Å². The van der Waals surface area contributed by atoms with Crippen LogP contribution in [0.25, 0.3) is 10.9 Å². The molecule has 1 aromatic heterocycles. The summed E-state index contributed by atoms with van der Waals surface area (Å²) in [5.74, 6) is 1.61. The Kier molecular flexibility index (Phi) is 4.64. The van der Waals surface area contributed by atoms with Gasteiger partial charge in [-0.3, -0.25) is 9.78 Å². The van der Waals surface area contributed by atoms with Gasteiger partial charge in [-0.05, 0) is 24.6 Å². The lowest BCUT2D eigenvalue weighted by Gasteiger charge is -2.26. The van der Waals surface area contributed by atoms with Gasteiger partial charge in [0.1, 0.15) is 16.8 Å². The second kappa shape index (κ2) is 6.46. The maximum atomic E-state index is 11.6. The number of hydrogen-bond acceptors (Lipinski definition) is 4. The SMILES string of the molecule is C#CCCNC(C)(Cc1ccc(O)c2ncccc12)C(=O)O. The summed E-state index contributed by atoms with van der Waals surface area (Å²) < 4.78 is 0. The number of fused-ring (bicyclic) bond motifs is 1. The number of aliphatic carboxylic acids is 1. The number of benzene rings is 1. The lowest BCUT2D eigenvalue weighted by molar-refractivity contribution is -0.144. The predicted molar refractivity (Wildman–Crippen MR) is 84.6 cm³/mol. The van der Waals surface area contributed by atoms with Crippen molar-refractivity contribution in [2.75, 3.05) is 6.54 Å². The Morgan fingerprint density at radius 1 is 1.45 bits per heavy atom. The van der Waals surface area contributed by atoms with Crippen molar-refractivity contribution >= 4 is 16.9 Å². The Hall–Kier alpha value is -2.58. The standard InChI is InChI=1S/C17H18N2O3/c1-3-4-10-19-17(2,16(21)22)11-12-7-8-14(20)15-13(12)6-5-9-18-15/h1,5-9,19-20H,4,10-11H2,2H3,(H,21,22). The maximum absolute atomic E-state index is 11.6. The number of nitrogens with one attached hydrogen (secondary N) is 1. The van der Waals surface area contributed by atoms with E-state index in [0.717, 1.165) is 10.9 Å². The summed E-state index contributed by atoms with van der Waals surface area (Å²) in [6, 6.07) is 6.84. The average Bonchev–Trinajstić information content (AvgIpc) is 2.50. The number of hydrogen-bond donors (Lipinski definition) is 3. The summed E-state index contributed by atoms with van der Waals surface area (Å²) in [5.41, 5.74) is 0.131. The summed E-state index contributed by atoms with van der Waals surface area (Å²) in [4.78, 5) is 15.8. The lowest BCUT2D eigenvalue weighted by atomic mass is 9.90. The summed E-state index contributed by atoms with van der Waals surface area (Å²) in [5, 5.41) is 23.1. The zero-order valence-corrected chi connectivity index (χ0v) is 12.3. The Balaban J connectivity index is 2.37. The fraction of sp³-hybridized carbons (Fsp3) is 0.294. The van der Waals surface area contributed by atoms with Crippen molar-refractivity contribution in [1.29, 1.82) is 0 Å². The molecule has 0 fully saturated rings. The topological polar surface area (TPSA) is 82.5 Å². The van der Waals surface area contributed by atoms with E-state index in [1.807, 2.05) is 6.07 Å². The molecule has 0 aliphatic rings.